The van der Waals surface area contributed by atoms with Gasteiger partial charge in [-0.2, -0.15) is 0 Å². The summed E-state index contributed by atoms with van der Waals surface area (Å²) in [6.07, 6.45) is 2.36. The molecule has 1 saturated carbocycles. The molecule has 1 aliphatic carbocycles. The zero-order valence-electron chi connectivity index (χ0n) is 5.85. The topological polar surface area (TPSA) is 64.1 Å². The van der Waals surface area contributed by atoms with Crippen molar-refractivity contribution in [2.75, 3.05) is 6.54 Å². The Kier molecular flexibility index (Phi) is 1.75. The van der Waals surface area contributed by atoms with Crippen molar-refractivity contribution in [1.82, 2.24) is 5.43 Å². The molecule has 1 rings (SSSR count). The molecule has 0 amide bonds. The van der Waals surface area contributed by atoms with Crippen molar-refractivity contribution in [3.8, 4) is 0 Å². The Morgan fingerprint density at radius 2 is 2.22 bits per heavy atom. The number of hydrazine groups is 1. The smallest absolute Gasteiger partial charge is 0.0360 e. The molecule has 1 atom stereocenters. The molecule has 3 heteroatoms. The summed E-state index contributed by atoms with van der Waals surface area (Å²) in [6.45, 7) is 2.86. The Bertz CT molecular complexity index is 98.5. The van der Waals surface area contributed by atoms with Crippen molar-refractivity contribution in [2.45, 2.75) is 25.3 Å². The van der Waals surface area contributed by atoms with Gasteiger partial charge in [0.05, 0.1) is 0 Å². The van der Waals surface area contributed by atoms with E-state index in [1.165, 1.54) is 12.8 Å². The third kappa shape index (κ3) is 1.08. The van der Waals surface area contributed by atoms with Gasteiger partial charge in [0.25, 0.3) is 0 Å². The summed E-state index contributed by atoms with van der Waals surface area (Å²) < 4.78 is 0. The molecule has 0 aromatic rings. The Hall–Kier alpha value is -0.120. The molecule has 0 aromatic carbocycles. The third-order valence-electron chi connectivity index (χ3n) is 2.37. The van der Waals surface area contributed by atoms with Gasteiger partial charge in [0.2, 0.25) is 0 Å². The fourth-order valence-corrected chi connectivity index (χ4v) is 1.14. The first-order valence-corrected chi connectivity index (χ1v) is 3.43. The molecule has 0 heterocycles. The van der Waals surface area contributed by atoms with E-state index in [0.717, 1.165) is 6.54 Å². The van der Waals surface area contributed by atoms with E-state index in [1.807, 2.05) is 0 Å². The van der Waals surface area contributed by atoms with Gasteiger partial charge in [-0.05, 0) is 25.3 Å². The van der Waals surface area contributed by atoms with E-state index in [1.54, 1.807) is 0 Å². The van der Waals surface area contributed by atoms with Crippen molar-refractivity contribution in [2.24, 2.45) is 17.5 Å². The van der Waals surface area contributed by atoms with Crippen LogP contribution in [0.15, 0.2) is 0 Å². The Morgan fingerprint density at radius 1 is 1.67 bits per heavy atom. The van der Waals surface area contributed by atoms with Gasteiger partial charge in [0, 0.05) is 5.54 Å². The number of hydrogen-bond donors (Lipinski definition) is 3. The van der Waals surface area contributed by atoms with Crippen LogP contribution < -0.4 is 17.0 Å². The minimum atomic E-state index is 0.203. The van der Waals surface area contributed by atoms with E-state index in [2.05, 4.69) is 12.3 Å². The molecule has 0 aliphatic heterocycles. The fourth-order valence-electron chi connectivity index (χ4n) is 1.14. The van der Waals surface area contributed by atoms with Gasteiger partial charge >= 0.3 is 0 Å². The molecule has 0 radical (unpaired) electrons. The predicted octanol–water partition coefficient (Wildman–Crippen LogP) is -0.423. The summed E-state index contributed by atoms with van der Waals surface area (Å²) in [5, 5.41) is 0. The van der Waals surface area contributed by atoms with Crippen molar-refractivity contribution >= 4 is 0 Å². The van der Waals surface area contributed by atoms with Gasteiger partial charge in [-0.3, -0.25) is 11.3 Å². The van der Waals surface area contributed by atoms with E-state index < -0.39 is 0 Å². The lowest BCUT2D eigenvalue weighted by Crippen LogP contribution is -2.44. The lowest BCUT2D eigenvalue weighted by atomic mass is 10.0. The Labute approximate surface area is 55.8 Å². The molecule has 0 aromatic heterocycles. The Balaban J connectivity index is 2.39. The van der Waals surface area contributed by atoms with Gasteiger partial charge in [-0.1, -0.05) is 6.92 Å². The summed E-state index contributed by atoms with van der Waals surface area (Å²) in [7, 11) is 0. The highest BCUT2D eigenvalue weighted by molar-refractivity contribution is 5.04. The first kappa shape index (κ1) is 6.99. The highest BCUT2D eigenvalue weighted by atomic mass is 15.3. The van der Waals surface area contributed by atoms with Crippen LogP contribution in [-0.4, -0.2) is 12.1 Å². The lowest BCUT2D eigenvalue weighted by molar-refractivity contribution is 0.368. The molecule has 1 unspecified atom stereocenters. The molecule has 1 fully saturated rings. The van der Waals surface area contributed by atoms with Crippen molar-refractivity contribution in [1.29, 1.82) is 0 Å². The maximum absolute atomic E-state index is 5.48. The largest absolute Gasteiger partial charge is 0.330 e. The summed E-state index contributed by atoms with van der Waals surface area (Å²) >= 11 is 0. The summed E-state index contributed by atoms with van der Waals surface area (Å²) in [5.41, 5.74) is 8.50. The predicted molar refractivity (Wildman–Crippen MR) is 37.5 cm³/mol. The van der Waals surface area contributed by atoms with Crippen LogP contribution in [0.3, 0.4) is 0 Å². The van der Waals surface area contributed by atoms with Crippen molar-refractivity contribution in [3.63, 3.8) is 0 Å². The van der Waals surface area contributed by atoms with Gasteiger partial charge in [-0.25, -0.2) is 0 Å². The van der Waals surface area contributed by atoms with Crippen LogP contribution in [0.1, 0.15) is 19.8 Å². The standard InChI is InChI=1S/C6H15N3/c1-5(4-7)6(9-8)2-3-6/h5,9H,2-4,7-8H2,1H3. The van der Waals surface area contributed by atoms with E-state index in [0.29, 0.717) is 5.92 Å². The molecule has 0 spiro atoms. The minimum Gasteiger partial charge on any atom is -0.330 e. The molecular formula is C6H15N3. The zero-order chi connectivity index (χ0) is 6.91. The van der Waals surface area contributed by atoms with Crippen LogP contribution >= 0.6 is 0 Å². The summed E-state index contributed by atoms with van der Waals surface area (Å²) in [4.78, 5) is 0. The van der Waals surface area contributed by atoms with Crippen molar-refractivity contribution in [3.05, 3.63) is 0 Å². The van der Waals surface area contributed by atoms with E-state index in [4.69, 9.17) is 11.6 Å². The second-order valence-corrected chi connectivity index (χ2v) is 2.94. The maximum atomic E-state index is 5.48. The maximum Gasteiger partial charge on any atom is 0.0360 e. The molecule has 0 bridgehead atoms. The number of hydrogen-bond acceptors (Lipinski definition) is 3. The van der Waals surface area contributed by atoms with Gasteiger partial charge < -0.3 is 5.73 Å². The molecule has 0 saturated heterocycles. The van der Waals surface area contributed by atoms with E-state index in [9.17, 15) is 0 Å². The zero-order valence-corrected chi connectivity index (χ0v) is 5.85. The first-order chi connectivity index (χ1) is 4.25. The van der Waals surface area contributed by atoms with Crippen LogP contribution in [0.4, 0.5) is 0 Å². The molecule has 1 aliphatic rings. The summed E-state index contributed by atoms with van der Waals surface area (Å²) in [6, 6.07) is 0. The third-order valence-corrected chi connectivity index (χ3v) is 2.37. The highest BCUT2D eigenvalue weighted by Crippen LogP contribution is 2.40. The van der Waals surface area contributed by atoms with E-state index in [-0.39, 0.29) is 5.54 Å². The minimum absolute atomic E-state index is 0.203. The van der Waals surface area contributed by atoms with Gasteiger partial charge in [-0.15, -0.1) is 0 Å². The monoisotopic (exact) mass is 129 g/mol. The normalized spacial score (nSPS) is 25.7. The van der Waals surface area contributed by atoms with Gasteiger partial charge in [0.15, 0.2) is 0 Å². The average molecular weight is 129 g/mol. The first-order valence-electron chi connectivity index (χ1n) is 3.43. The number of nitrogens with one attached hydrogen (secondary N) is 1. The Morgan fingerprint density at radius 3 is 2.33 bits per heavy atom. The van der Waals surface area contributed by atoms with Crippen LogP contribution in [0, 0.1) is 5.92 Å². The molecule has 54 valence electrons. The molecular weight excluding hydrogens is 114 g/mol. The lowest BCUT2D eigenvalue weighted by Gasteiger charge is -2.20. The average Bonchev–Trinajstić information content (AvgIpc) is 2.66. The van der Waals surface area contributed by atoms with Gasteiger partial charge in [0.1, 0.15) is 0 Å². The highest BCUT2D eigenvalue weighted by Gasteiger charge is 2.45. The number of nitrogens with two attached hydrogens (primary N) is 2. The van der Waals surface area contributed by atoms with E-state index >= 15 is 0 Å². The molecule has 5 N–H and O–H groups in total. The van der Waals surface area contributed by atoms with Crippen LogP contribution in [0.2, 0.25) is 0 Å². The molecule has 9 heavy (non-hydrogen) atoms. The van der Waals surface area contributed by atoms with Crippen molar-refractivity contribution < 1.29 is 0 Å². The number of rotatable bonds is 3. The van der Waals surface area contributed by atoms with Crippen LogP contribution in [0.5, 0.6) is 0 Å². The van der Waals surface area contributed by atoms with Crippen LogP contribution in [0.25, 0.3) is 0 Å². The SMILES string of the molecule is CC(CN)C1(NN)CC1. The quantitative estimate of drug-likeness (QED) is 0.358. The second-order valence-electron chi connectivity index (χ2n) is 2.94. The van der Waals surface area contributed by atoms with Crippen LogP contribution in [-0.2, 0) is 0 Å². The summed E-state index contributed by atoms with van der Waals surface area (Å²) in [5.74, 6) is 5.86. The molecule has 3 nitrogen and oxygen atoms in total. The second kappa shape index (κ2) is 2.25. The fraction of sp³-hybridized carbons (Fsp3) is 1.00.